The van der Waals surface area contributed by atoms with Gasteiger partial charge in [0, 0.05) is 24.9 Å². The van der Waals surface area contributed by atoms with Crippen LogP contribution < -0.4 is 0 Å². The van der Waals surface area contributed by atoms with Crippen molar-refractivity contribution >= 4 is 9.84 Å². The molecule has 3 nitrogen and oxygen atoms in total. The molecule has 0 N–H and O–H groups in total. The van der Waals surface area contributed by atoms with E-state index < -0.39 is 21.5 Å². The first-order chi connectivity index (χ1) is 7.85. The number of hydrogen-bond acceptors (Lipinski definition) is 3. The minimum absolute atomic E-state index is 0.0736. The van der Waals surface area contributed by atoms with Crippen molar-refractivity contribution < 1.29 is 17.2 Å². The molecule has 0 aliphatic carbocycles. The van der Waals surface area contributed by atoms with Crippen LogP contribution in [0, 0.1) is 11.6 Å². The van der Waals surface area contributed by atoms with Gasteiger partial charge in [0.25, 0.3) is 0 Å². The summed E-state index contributed by atoms with van der Waals surface area (Å²) in [5.41, 5.74) is 0.498. The van der Waals surface area contributed by atoms with Gasteiger partial charge in [0.15, 0.2) is 9.84 Å². The number of sulfone groups is 1. The number of nitrogens with zero attached hydrogens (tertiary/aromatic N) is 1. The SMILES string of the molecule is CS(=O)(=O)CN1CCC1c1cc(F)cc(F)c1. The maximum absolute atomic E-state index is 13.0. The highest BCUT2D eigenvalue weighted by Crippen LogP contribution is 2.33. The summed E-state index contributed by atoms with van der Waals surface area (Å²) in [6, 6.07) is 3.11. The molecule has 0 bridgehead atoms. The summed E-state index contributed by atoms with van der Waals surface area (Å²) in [5, 5.41) is 0. The third-order valence-electron chi connectivity index (χ3n) is 2.80. The first kappa shape index (κ1) is 12.4. The first-order valence-corrected chi connectivity index (χ1v) is 7.29. The van der Waals surface area contributed by atoms with Gasteiger partial charge in [-0.15, -0.1) is 0 Å². The third-order valence-corrected chi connectivity index (χ3v) is 3.60. The van der Waals surface area contributed by atoms with Gasteiger partial charge in [-0.05, 0) is 24.1 Å². The molecule has 0 radical (unpaired) electrons. The highest BCUT2D eigenvalue weighted by Gasteiger charge is 2.31. The standard InChI is InChI=1S/C11H13F2NO2S/c1-17(15,16)7-14-3-2-11(14)8-4-9(12)6-10(13)5-8/h4-6,11H,2-3,7H2,1H3. The van der Waals surface area contributed by atoms with E-state index in [9.17, 15) is 17.2 Å². The molecule has 0 saturated carbocycles. The number of hydrogen-bond donors (Lipinski definition) is 0. The Bertz CT molecular complexity index is 510. The van der Waals surface area contributed by atoms with Gasteiger partial charge < -0.3 is 0 Å². The zero-order valence-corrected chi connectivity index (χ0v) is 10.2. The van der Waals surface area contributed by atoms with Gasteiger partial charge in [0.2, 0.25) is 0 Å². The summed E-state index contributed by atoms with van der Waals surface area (Å²) in [6.45, 7) is 0.635. The first-order valence-electron chi connectivity index (χ1n) is 5.23. The van der Waals surface area contributed by atoms with Crippen molar-refractivity contribution in [3.8, 4) is 0 Å². The summed E-state index contributed by atoms with van der Waals surface area (Å²) >= 11 is 0. The summed E-state index contributed by atoms with van der Waals surface area (Å²) in [4.78, 5) is 1.70. The van der Waals surface area contributed by atoms with Crippen LogP contribution in [0.3, 0.4) is 0 Å². The van der Waals surface area contributed by atoms with E-state index in [0.29, 0.717) is 12.1 Å². The fourth-order valence-corrected chi connectivity index (χ4v) is 2.95. The van der Waals surface area contributed by atoms with Crippen LogP contribution in [0.4, 0.5) is 8.78 Å². The number of rotatable bonds is 3. The molecule has 0 spiro atoms. The Morgan fingerprint density at radius 1 is 1.29 bits per heavy atom. The van der Waals surface area contributed by atoms with Crippen molar-refractivity contribution in [2.45, 2.75) is 12.5 Å². The number of benzene rings is 1. The normalized spacial score (nSPS) is 21.2. The molecule has 1 heterocycles. The van der Waals surface area contributed by atoms with Crippen molar-refractivity contribution in [1.29, 1.82) is 0 Å². The molecule has 0 aromatic heterocycles. The van der Waals surface area contributed by atoms with E-state index in [1.807, 2.05) is 0 Å². The Balaban J connectivity index is 2.18. The van der Waals surface area contributed by atoms with Crippen molar-refractivity contribution in [3.63, 3.8) is 0 Å². The van der Waals surface area contributed by atoms with Gasteiger partial charge in [-0.2, -0.15) is 0 Å². The fourth-order valence-electron chi connectivity index (χ4n) is 2.04. The quantitative estimate of drug-likeness (QED) is 0.831. The lowest BCUT2D eigenvalue weighted by atomic mass is 9.95. The molecule has 1 fully saturated rings. The lowest BCUT2D eigenvalue weighted by Crippen LogP contribution is -2.43. The van der Waals surface area contributed by atoms with Crippen LogP contribution in [0.1, 0.15) is 18.0 Å². The predicted octanol–water partition coefficient (Wildman–Crippen LogP) is 1.71. The maximum atomic E-state index is 13.0. The Kier molecular flexibility index (Phi) is 3.18. The summed E-state index contributed by atoms with van der Waals surface area (Å²) in [6.07, 6.45) is 1.87. The molecule has 1 saturated heterocycles. The highest BCUT2D eigenvalue weighted by atomic mass is 32.2. The van der Waals surface area contributed by atoms with Crippen LogP contribution >= 0.6 is 0 Å². The zero-order valence-electron chi connectivity index (χ0n) is 9.36. The molecule has 1 aromatic carbocycles. The van der Waals surface area contributed by atoms with E-state index in [4.69, 9.17) is 0 Å². The average molecular weight is 261 g/mol. The predicted molar refractivity (Wildman–Crippen MR) is 60.1 cm³/mol. The minimum Gasteiger partial charge on any atom is -0.283 e. The molecule has 1 atom stereocenters. The summed E-state index contributed by atoms with van der Waals surface area (Å²) < 4.78 is 48.4. The van der Waals surface area contributed by atoms with Crippen LogP contribution in [0.5, 0.6) is 0 Å². The molecule has 94 valence electrons. The zero-order chi connectivity index (χ0) is 12.6. The van der Waals surface area contributed by atoms with Crippen LogP contribution in [0.15, 0.2) is 18.2 Å². The van der Waals surface area contributed by atoms with Crippen molar-refractivity contribution in [1.82, 2.24) is 4.90 Å². The second-order valence-electron chi connectivity index (χ2n) is 4.37. The smallest absolute Gasteiger partial charge is 0.160 e. The van der Waals surface area contributed by atoms with Gasteiger partial charge in [0.05, 0.1) is 0 Å². The molecule has 0 amide bonds. The van der Waals surface area contributed by atoms with Crippen molar-refractivity contribution in [2.24, 2.45) is 0 Å². The Morgan fingerprint density at radius 3 is 2.29 bits per heavy atom. The second kappa shape index (κ2) is 4.34. The molecule has 1 aromatic rings. The van der Waals surface area contributed by atoms with Crippen LogP contribution in [0.2, 0.25) is 0 Å². The molecule has 1 unspecified atom stereocenters. The minimum atomic E-state index is -3.11. The summed E-state index contributed by atoms with van der Waals surface area (Å²) in [5.74, 6) is -1.34. The molecule has 6 heteroatoms. The lowest BCUT2D eigenvalue weighted by molar-refractivity contribution is 0.115. The molecule has 17 heavy (non-hydrogen) atoms. The van der Waals surface area contributed by atoms with E-state index in [1.54, 1.807) is 4.90 Å². The van der Waals surface area contributed by atoms with Crippen molar-refractivity contribution in [3.05, 3.63) is 35.4 Å². The van der Waals surface area contributed by atoms with Gasteiger partial charge in [0.1, 0.15) is 17.5 Å². The van der Waals surface area contributed by atoms with Gasteiger partial charge in [-0.25, -0.2) is 17.2 Å². The highest BCUT2D eigenvalue weighted by molar-refractivity contribution is 7.90. The summed E-state index contributed by atoms with van der Waals surface area (Å²) in [7, 11) is -3.11. The molecular weight excluding hydrogens is 248 g/mol. The van der Waals surface area contributed by atoms with Crippen LogP contribution in [0.25, 0.3) is 0 Å². The third kappa shape index (κ3) is 3.01. The Morgan fingerprint density at radius 2 is 1.88 bits per heavy atom. The molecule has 2 rings (SSSR count). The lowest BCUT2D eigenvalue weighted by Gasteiger charge is -2.40. The van der Waals surface area contributed by atoms with Gasteiger partial charge in [-0.3, -0.25) is 4.90 Å². The van der Waals surface area contributed by atoms with E-state index in [-0.39, 0.29) is 11.9 Å². The van der Waals surface area contributed by atoms with E-state index in [0.717, 1.165) is 18.7 Å². The number of halogens is 2. The molecular formula is C11H13F2NO2S. The molecule has 1 aliphatic heterocycles. The van der Waals surface area contributed by atoms with Crippen LogP contribution in [-0.2, 0) is 9.84 Å². The van der Waals surface area contributed by atoms with Crippen LogP contribution in [-0.4, -0.2) is 32.0 Å². The topological polar surface area (TPSA) is 37.4 Å². The largest absolute Gasteiger partial charge is 0.283 e. The van der Waals surface area contributed by atoms with E-state index in [1.165, 1.54) is 12.1 Å². The van der Waals surface area contributed by atoms with Gasteiger partial charge >= 0.3 is 0 Å². The van der Waals surface area contributed by atoms with Gasteiger partial charge in [-0.1, -0.05) is 0 Å². The van der Waals surface area contributed by atoms with Crippen molar-refractivity contribution in [2.75, 3.05) is 18.7 Å². The average Bonchev–Trinajstić information content (AvgIpc) is 2.09. The van der Waals surface area contributed by atoms with E-state index >= 15 is 0 Å². The number of likely N-dealkylation sites (tertiary alicyclic amines) is 1. The monoisotopic (exact) mass is 261 g/mol. The Hall–Kier alpha value is -1.01. The Labute approximate surface area is 99.0 Å². The fraction of sp³-hybridized carbons (Fsp3) is 0.455. The van der Waals surface area contributed by atoms with E-state index in [2.05, 4.69) is 0 Å². The molecule has 1 aliphatic rings. The maximum Gasteiger partial charge on any atom is 0.160 e. The second-order valence-corrected chi connectivity index (χ2v) is 6.48.